The number of carbonyl (C=O) groups excluding carboxylic acids is 2. The molecule has 0 aliphatic heterocycles. The highest BCUT2D eigenvalue weighted by molar-refractivity contribution is 9.10. The van der Waals surface area contributed by atoms with Crippen LogP contribution in [-0.2, 0) is 4.79 Å². The molecule has 0 aliphatic rings. The molecule has 0 spiro atoms. The average Bonchev–Trinajstić information content (AvgIpc) is 2.54. The Hall–Kier alpha value is -2.21. The highest BCUT2D eigenvalue weighted by Gasteiger charge is 2.09. The van der Waals surface area contributed by atoms with Crippen molar-refractivity contribution in [1.82, 2.24) is 4.98 Å². The van der Waals surface area contributed by atoms with Gasteiger partial charge in [-0.1, -0.05) is 28.1 Å². The van der Waals surface area contributed by atoms with E-state index in [1.807, 2.05) is 0 Å². The van der Waals surface area contributed by atoms with Crippen LogP contribution in [0.4, 0.5) is 5.69 Å². The van der Waals surface area contributed by atoms with Gasteiger partial charge in [-0.3, -0.25) is 9.59 Å². The number of halogens is 1. The van der Waals surface area contributed by atoms with Crippen LogP contribution in [0.15, 0.2) is 47.1 Å². The summed E-state index contributed by atoms with van der Waals surface area (Å²) in [6, 6.07) is 10.4. The fourth-order valence-electron chi connectivity index (χ4n) is 1.81. The number of methoxy groups -OCH3 is 1. The largest absolute Gasteiger partial charge is 0.481 e. The van der Waals surface area contributed by atoms with Crippen LogP contribution >= 0.6 is 15.9 Å². The van der Waals surface area contributed by atoms with Gasteiger partial charge in [0.2, 0.25) is 11.8 Å². The Morgan fingerprint density at radius 2 is 1.86 bits per heavy atom. The topological polar surface area (TPSA) is 68.3 Å². The molecule has 2 rings (SSSR count). The van der Waals surface area contributed by atoms with Gasteiger partial charge in [0.15, 0.2) is 5.78 Å². The zero-order valence-electron chi connectivity index (χ0n) is 12.0. The summed E-state index contributed by atoms with van der Waals surface area (Å²) >= 11 is 3.31. The number of carbonyl (C=O) groups is 2. The summed E-state index contributed by atoms with van der Waals surface area (Å²) < 4.78 is 5.85. The van der Waals surface area contributed by atoms with Crippen LogP contribution in [0.1, 0.15) is 23.2 Å². The molecule has 5 nitrogen and oxygen atoms in total. The minimum Gasteiger partial charge on any atom is -0.481 e. The summed E-state index contributed by atoms with van der Waals surface area (Å²) in [6.45, 7) is 0. The predicted molar refractivity (Wildman–Crippen MR) is 87.1 cm³/mol. The molecule has 1 aromatic carbocycles. The molecule has 0 bridgehead atoms. The van der Waals surface area contributed by atoms with Gasteiger partial charge in [0.1, 0.15) is 0 Å². The molecule has 0 saturated carbocycles. The first-order chi connectivity index (χ1) is 10.6. The number of nitrogens with zero attached hydrogens (tertiary/aromatic N) is 1. The van der Waals surface area contributed by atoms with Crippen LogP contribution in [0.25, 0.3) is 0 Å². The third-order valence-electron chi connectivity index (χ3n) is 2.97. The van der Waals surface area contributed by atoms with Crippen molar-refractivity contribution >= 4 is 33.3 Å². The monoisotopic (exact) mass is 362 g/mol. The Kier molecular flexibility index (Phi) is 5.66. The van der Waals surface area contributed by atoms with E-state index in [4.69, 9.17) is 4.74 Å². The third kappa shape index (κ3) is 4.66. The van der Waals surface area contributed by atoms with E-state index in [1.165, 1.54) is 13.3 Å². The molecule has 1 N–H and O–H groups in total. The second kappa shape index (κ2) is 7.70. The van der Waals surface area contributed by atoms with Crippen molar-refractivity contribution in [2.45, 2.75) is 12.8 Å². The van der Waals surface area contributed by atoms with E-state index in [-0.39, 0.29) is 24.5 Å². The van der Waals surface area contributed by atoms with Crippen LogP contribution in [0.2, 0.25) is 0 Å². The Bertz CT molecular complexity index is 654. The van der Waals surface area contributed by atoms with Crippen molar-refractivity contribution < 1.29 is 14.3 Å². The Balaban J connectivity index is 1.84. The van der Waals surface area contributed by atoms with Gasteiger partial charge in [0, 0.05) is 28.9 Å². The molecule has 1 amide bonds. The predicted octanol–water partition coefficient (Wildman–Crippen LogP) is 3.45. The summed E-state index contributed by atoms with van der Waals surface area (Å²) in [4.78, 5) is 27.8. The summed E-state index contributed by atoms with van der Waals surface area (Å²) in [5.41, 5.74) is 1.17. The number of anilines is 1. The van der Waals surface area contributed by atoms with Crippen molar-refractivity contribution in [3.63, 3.8) is 0 Å². The van der Waals surface area contributed by atoms with E-state index in [2.05, 4.69) is 26.2 Å². The first-order valence-corrected chi connectivity index (χ1v) is 7.46. The van der Waals surface area contributed by atoms with Gasteiger partial charge in [-0.05, 0) is 18.2 Å². The number of Topliss-reactive ketones (excluding diaryl/α,β-unsaturated/α-hetero) is 1. The number of benzene rings is 1. The van der Waals surface area contributed by atoms with Gasteiger partial charge in [-0.25, -0.2) is 4.98 Å². The number of amides is 1. The van der Waals surface area contributed by atoms with Gasteiger partial charge in [0.25, 0.3) is 0 Å². The van der Waals surface area contributed by atoms with Crippen molar-refractivity contribution in [3.8, 4) is 5.88 Å². The molecule has 0 radical (unpaired) electrons. The molecule has 0 aliphatic carbocycles. The zero-order valence-corrected chi connectivity index (χ0v) is 13.6. The average molecular weight is 363 g/mol. The first-order valence-electron chi connectivity index (χ1n) is 6.67. The normalized spacial score (nSPS) is 10.1. The van der Waals surface area contributed by atoms with Gasteiger partial charge < -0.3 is 10.1 Å². The maximum atomic E-state index is 12.0. The smallest absolute Gasteiger partial charge is 0.224 e. The molecule has 0 fully saturated rings. The molecule has 1 heterocycles. The van der Waals surface area contributed by atoms with Gasteiger partial charge in [0.05, 0.1) is 19.0 Å². The van der Waals surface area contributed by atoms with E-state index in [1.54, 1.807) is 36.4 Å². The van der Waals surface area contributed by atoms with E-state index in [9.17, 15) is 9.59 Å². The van der Waals surface area contributed by atoms with Crippen molar-refractivity contribution in [1.29, 1.82) is 0 Å². The fourth-order valence-corrected chi connectivity index (χ4v) is 2.07. The minimum absolute atomic E-state index is 0.0597. The highest BCUT2D eigenvalue weighted by atomic mass is 79.9. The van der Waals surface area contributed by atoms with Gasteiger partial charge in [-0.2, -0.15) is 0 Å². The number of nitrogens with one attached hydrogen (secondary N) is 1. The molecular weight excluding hydrogens is 348 g/mol. The summed E-state index contributed by atoms with van der Waals surface area (Å²) in [6.07, 6.45) is 1.80. The number of hydrogen-bond acceptors (Lipinski definition) is 4. The molecule has 114 valence electrons. The lowest BCUT2D eigenvalue weighted by molar-refractivity contribution is -0.116. The molecule has 2 aromatic rings. The number of aromatic nitrogens is 1. The maximum absolute atomic E-state index is 12.0. The Morgan fingerprint density at radius 3 is 2.45 bits per heavy atom. The fraction of sp³-hybridized carbons (Fsp3) is 0.188. The van der Waals surface area contributed by atoms with Crippen LogP contribution < -0.4 is 10.1 Å². The summed E-state index contributed by atoms with van der Waals surface area (Å²) in [7, 11) is 1.52. The van der Waals surface area contributed by atoms with Crippen molar-refractivity contribution in [2.24, 2.45) is 0 Å². The maximum Gasteiger partial charge on any atom is 0.224 e. The van der Waals surface area contributed by atoms with E-state index in [0.717, 1.165) is 4.47 Å². The van der Waals surface area contributed by atoms with Crippen LogP contribution in [0.5, 0.6) is 5.88 Å². The highest BCUT2D eigenvalue weighted by Crippen LogP contribution is 2.14. The lowest BCUT2D eigenvalue weighted by atomic mass is 10.1. The van der Waals surface area contributed by atoms with Crippen molar-refractivity contribution in [2.75, 3.05) is 12.4 Å². The van der Waals surface area contributed by atoms with Crippen LogP contribution in [-0.4, -0.2) is 23.8 Å². The first kappa shape index (κ1) is 16.2. The van der Waals surface area contributed by atoms with E-state index < -0.39 is 0 Å². The second-order valence-corrected chi connectivity index (χ2v) is 5.48. The Labute approximate surface area is 136 Å². The number of ether oxygens (including phenoxy) is 1. The van der Waals surface area contributed by atoms with E-state index in [0.29, 0.717) is 17.1 Å². The number of ketones is 1. The van der Waals surface area contributed by atoms with Gasteiger partial charge >= 0.3 is 0 Å². The molecule has 0 unspecified atom stereocenters. The van der Waals surface area contributed by atoms with Crippen LogP contribution in [0, 0.1) is 0 Å². The standard InChI is InChI=1S/C16H15BrN2O3/c1-22-16-9-6-13(10-18-16)19-15(21)8-7-14(20)11-2-4-12(17)5-3-11/h2-6,9-10H,7-8H2,1H3,(H,19,21). The number of hydrogen-bond donors (Lipinski definition) is 1. The minimum atomic E-state index is -0.225. The summed E-state index contributed by atoms with van der Waals surface area (Å²) in [5.74, 6) is 0.191. The zero-order chi connectivity index (χ0) is 15.9. The SMILES string of the molecule is COc1ccc(NC(=O)CCC(=O)c2ccc(Br)cc2)cn1. The third-order valence-corrected chi connectivity index (χ3v) is 3.50. The van der Waals surface area contributed by atoms with Gasteiger partial charge in [-0.15, -0.1) is 0 Å². The molecule has 1 aromatic heterocycles. The van der Waals surface area contributed by atoms with Crippen LogP contribution in [0.3, 0.4) is 0 Å². The quantitative estimate of drug-likeness (QED) is 0.799. The summed E-state index contributed by atoms with van der Waals surface area (Å²) in [5, 5.41) is 2.69. The molecule has 6 heteroatoms. The molecule has 22 heavy (non-hydrogen) atoms. The Morgan fingerprint density at radius 1 is 1.14 bits per heavy atom. The molecule has 0 atom stereocenters. The number of pyridine rings is 1. The van der Waals surface area contributed by atoms with Crippen molar-refractivity contribution in [3.05, 3.63) is 52.6 Å². The lowest BCUT2D eigenvalue weighted by Crippen LogP contribution is -2.13. The number of rotatable bonds is 6. The molecule has 0 saturated heterocycles. The second-order valence-electron chi connectivity index (χ2n) is 4.57. The van der Waals surface area contributed by atoms with E-state index >= 15 is 0 Å². The lowest BCUT2D eigenvalue weighted by Gasteiger charge is -2.05. The molecular formula is C16H15BrN2O3.